The Hall–Kier alpha value is -1.39. The average Bonchev–Trinajstić information content (AvgIpc) is 2.78. The molecule has 35 heavy (non-hydrogen) atoms. The van der Waals surface area contributed by atoms with Gasteiger partial charge in [0.1, 0.15) is 11.9 Å². The van der Waals surface area contributed by atoms with Crippen molar-refractivity contribution in [2.24, 2.45) is 11.8 Å². The van der Waals surface area contributed by atoms with Crippen molar-refractivity contribution in [1.82, 2.24) is 9.80 Å². The molecule has 9 heteroatoms. The first kappa shape index (κ1) is 31.6. The molecule has 1 rings (SSSR count). The van der Waals surface area contributed by atoms with E-state index < -0.39 is 42.1 Å². The first-order chi connectivity index (χ1) is 16.1. The summed E-state index contributed by atoms with van der Waals surface area (Å²) in [7, 11) is 5.44. The molecule has 1 saturated heterocycles. The predicted octanol–water partition coefficient (Wildman–Crippen LogP) is 2.64. The molecule has 206 valence electrons. The van der Waals surface area contributed by atoms with E-state index in [1.54, 1.807) is 39.8 Å². The zero-order valence-electron chi connectivity index (χ0n) is 23.2. The van der Waals surface area contributed by atoms with E-state index in [9.17, 15) is 25.2 Å². The fourth-order valence-electron chi connectivity index (χ4n) is 4.59. The van der Waals surface area contributed by atoms with Crippen LogP contribution >= 0.6 is 0 Å². The van der Waals surface area contributed by atoms with Crippen molar-refractivity contribution in [3.05, 3.63) is 11.5 Å². The maximum absolute atomic E-state index is 13.1. The highest BCUT2D eigenvalue weighted by atomic mass is 16.6. The number of carbonyl (C=O) groups is 1. The molecule has 1 aliphatic rings. The van der Waals surface area contributed by atoms with Gasteiger partial charge in [-0.3, -0.25) is 4.79 Å². The lowest BCUT2D eigenvalue weighted by Gasteiger charge is -2.38. The quantitative estimate of drug-likeness (QED) is 0.247. The van der Waals surface area contributed by atoms with E-state index >= 15 is 0 Å². The van der Waals surface area contributed by atoms with Gasteiger partial charge in [0.15, 0.2) is 6.29 Å². The van der Waals surface area contributed by atoms with Crippen LogP contribution in [0.15, 0.2) is 11.5 Å². The van der Waals surface area contributed by atoms with E-state index in [0.717, 1.165) is 0 Å². The molecule has 0 aromatic carbocycles. The number of esters is 1. The van der Waals surface area contributed by atoms with Gasteiger partial charge >= 0.3 is 5.97 Å². The second-order valence-corrected chi connectivity index (χ2v) is 10.8. The Morgan fingerprint density at radius 2 is 1.89 bits per heavy atom. The maximum Gasteiger partial charge on any atom is 0.311 e. The monoisotopic (exact) mass is 502 g/mol. The molecule has 0 amide bonds. The molecule has 8 atom stereocenters. The van der Waals surface area contributed by atoms with Crippen molar-refractivity contribution in [1.29, 1.82) is 0 Å². The number of likely N-dealkylation sites (N-methyl/N-ethyl adjacent to an activating group) is 1. The third kappa shape index (κ3) is 9.53. The number of hydrogen-bond acceptors (Lipinski definition) is 9. The summed E-state index contributed by atoms with van der Waals surface area (Å²) in [5, 5.41) is 42.6. The van der Waals surface area contributed by atoms with Crippen LogP contribution in [0.1, 0.15) is 73.6 Å². The molecule has 9 nitrogen and oxygen atoms in total. The van der Waals surface area contributed by atoms with Crippen LogP contribution in [-0.2, 0) is 14.3 Å². The summed E-state index contributed by atoms with van der Waals surface area (Å²) in [4.78, 5) is 16.9. The van der Waals surface area contributed by atoms with E-state index in [1.807, 2.05) is 32.7 Å². The lowest BCUT2D eigenvalue weighted by molar-refractivity contribution is -0.182. The fourth-order valence-corrected chi connectivity index (χ4v) is 4.59. The summed E-state index contributed by atoms with van der Waals surface area (Å²) in [6.07, 6.45) is -1.35. The molecular weight excluding hydrogens is 452 g/mol. The predicted molar refractivity (Wildman–Crippen MR) is 136 cm³/mol. The zero-order valence-corrected chi connectivity index (χ0v) is 23.2. The standard InChI is InChI=1S/C26H50N2O7/c1-10-21-16(2)24(31)18(4)28(9)14-13-26(6,33)12-11-22(17(3)25(32)35-21)34-23(30)15-20(19(5)29)27(7)8/h16-18,21-24,29-31,33H,10-15H2,1-9H3/b20-19-/t16-,17?,18?,21+,22-,23?,24?,26-/m0/s1. The number of nitrogens with zero attached hydrogens (tertiary/aromatic N) is 2. The third-order valence-corrected chi connectivity index (χ3v) is 7.54. The van der Waals surface area contributed by atoms with Crippen molar-refractivity contribution in [3.63, 3.8) is 0 Å². The number of cyclic esters (lactones) is 1. The summed E-state index contributed by atoms with van der Waals surface area (Å²) in [5.74, 6) is -1.38. The highest BCUT2D eigenvalue weighted by Crippen LogP contribution is 2.28. The molecule has 1 aliphatic heterocycles. The van der Waals surface area contributed by atoms with Gasteiger partial charge in [0.2, 0.25) is 0 Å². The van der Waals surface area contributed by atoms with E-state index in [4.69, 9.17) is 9.47 Å². The Balaban J connectivity index is 3.20. The Morgan fingerprint density at radius 1 is 1.29 bits per heavy atom. The van der Waals surface area contributed by atoms with Crippen LogP contribution < -0.4 is 0 Å². The van der Waals surface area contributed by atoms with Crippen molar-refractivity contribution in [3.8, 4) is 0 Å². The summed E-state index contributed by atoms with van der Waals surface area (Å²) in [5.41, 5.74) is -0.501. The van der Waals surface area contributed by atoms with Crippen molar-refractivity contribution in [2.45, 2.75) is 110 Å². The largest absolute Gasteiger partial charge is 0.511 e. The summed E-state index contributed by atoms with van der Waals surface area (Å²) in [6, 6.07) is -0.172. The van der Waals surface area contributed by atoms with Gasteiger partial charge in [-0.15, -0.1) is 0 Å². The number of aliphatic hydroxyl groups excluding tert-OH is 3. The summed E-state index contributed by atoms with van der Waals surface area (Å²) >= 11 is 0. The van der Waals surface area contributed by atoms with E-state index in [0.29, 0.717) is 37.9 Å². The minimum absolute atomic E-state index is 0.0491. The summed E-state index contributed by atoms with van der Waals surface area (Å²) in [6.45, 7) is 11.3. The highest BCUT2D eigenvalue weighted by Gasteiger charge is 2.37. The molecule has 0 spiro atoms. The van der Waals surface area contributed by atoms with Gasteiger partial charge in [-0.25, -0.2) is 0 Å². The summed E-state index contributed by atoms with van der Waals surface area (Å²) < 4.78 is 11.8. The van der Waals surface area contributed by atoms with Crippen molar-refractivity contribution in [2.75, 3.05) is 27.7 Å². The molecule has 0 aromatic heterocycles. The maximum atomic E-state index is 13.1. The average molecular weight is 503 g/mol. The number of hydrogen-bond donors (Lipinski definition) is 4. The lowest BCUT2D eigenvalue weighted by Crippen LogP contribution is -2.48. The molecule has 0 saturated carbocycles. The topological polar surface area (TPSA) is 123 Å². The van der Waals surface area contributed by atoms with Gasteiger partial charge in [0, 0.05) is 39.0 Å². The molecule has 0 aliphatic carbocycles. The number of aliphatic hydroxyl groups is 4. The molecule has 4 N–H and O–H groups in total. The second-order valence-electron chi connectivity index (χ2n) is 10.8. The molecule has 0 radical (unpaired) electrons. The van der Waals surface area contributed by atoms with Gasteiger partial charge < -0.3 is 39.7 Å². The van der Waals surface area contributed by atoms with Crippen LogP contribution in [-0.4, -0.2) is 100 Å². The number of ether oxygens (including phenoxy) is 2. The van der Waals surface area contributed by atoms with E-state index in [1.165, 1.54) is 0 Å². The second kappa shape index (κ2) is 13.8. The van der Waals surface area contributed by atoms with Crippen molar-refractivity contribution >= 4 is 5.97 Å². The molecule has 0 bridgehead atoms. The Kier molecular flexibility index (Phi) is 12.5. The van der Waals surface area contributed by atoms with Crippen LogP contribution in [0.4, 0.5) is 0 Å². The Morgan fingerprint density at radius 3 is 2.40 bits per heavy atom. The zero-order chi connectivity index (χ0) is 27.1. The Bertz CT molecular complexity index is 693. The van der Waals surface area contributed by atoms with Gasteiger partial charge in [-0.1, -0.05) is 13.8 Å². The number of carbonyl (C=O) groups excluding carboxylic acids is 1. The van der Waals surface area contributed by atoms with Gasteiger partial charge in [-0.05, 0) is 60.4 Å². The van der Waals surface area contributed by atoms with E-state index in [2.05, 4.69) is 0 Å². The number of allylic oxidation sites excluding steroid dienone is 1. The first-order valence-electron chi connectivity index (χ1n) is 12.8. The molecule has 4 unspecified atom stereocenters. The SMILES string of the molecule is CC[C@H]1OC(=O)C(C)[C@@H](OC(O)C/C(=C(\C)O)N(C)C)CC[C@](C)(O)CCN(C)C(C)C(O)[C@H]1C. The third-order valence-electron chi connectivity index (χ3n) is 7.54. The molecule has 1 fully saturated rings. The van der Waals surface area contributed by atoms with Crippen LogP contribution in [0.3, 0.4) is 0 Å². The highest BCUT2D eigenvalue weighted by molar-refractivity contribution is 5.73. The minimum Gasteiger partial charge on any atom is -0.511 e. The molecule has 1 heterocycles. The van der Waals surface area contributed by atoms with Crippen LogP contribution in [0.5, 0.6) is 0 Å². The smallest absolute Gasteiger partial charge is 0.311 e. The van der Waals surface area contributed by atoms with Crippen LogP contribution in [0.2, 0.25) is 0 Å². The molecular formula is C26H50N2O7. The van der Waals surface area contributed by atoms with E-state index in [-0.39, 0.29) is 24.1 Å². The Labute approximate surface area is 211 Å². The van der Waals surface area contributed by atoms with Gasteiger partial charge in [0.25, 0.3) is 0 Å². The molecule has 0 aromatic rings. The van der Waals surface area contributed by atoms with Gasteiger partial charge in [-0.2, -0.15) is 0 Å². The van der Waals surface area contributed by atoms with Crippen LogP contribution in [0.25, 0.3) is 0 Å². The van der Waals surface area contributed by atoms with Gasteiger partial charge in [0.05, 0.1) is 29.4 Å². The fraction of sp³-hybridized carbons (Fsp3) is 0.885. The normalized spacial score (nSPS) is 36.1. The first-order valence-corrected chi connectivity index (χ1v) is 12.8. The number of rotatable bonds is 6. The van der Waals surface area contributed by atoms with Crippen molar-refractivity contribution < 1.29 is 34.7 Å². The lowest BCUT2D eigenvalue weighted by atomic mass is 9.88. The van der Waals surface area contributed by atoms with Crippen LogP contribution in [0, 0.1) is 11.8 Å². The minimum atomic E-state index is -1.26.